The van der Waals surface area contributed by atoms with Crippen LogP contribution in [0.5, 0.6) is 0 Å². The maximum atomic E-state index is 14.1. The van der Waals surface area contributed by atoms with E-state index in [9.17, 15) is 15.0 Å². The summed E-state index contributed by atoms with van der Waals surface area (Å²) in [4.78, 5) is 14.1. The van der Waals surface area contributed by atoms with Gasteiger partial charge >= 0.3 is 5.97 Å². The first-order valence-corrected chi connectivity index (χ1v) is 22.3. The molecule has 8 rings (SSSR count). The SMILES string of the molecule is O=C(O[C@@H]1[C@@H](OC[C@H]2O[C@H](O)[C@@H](OCc3ccccc3)[C@@H](O)[C@@H]2OCc2ccccc2)O[C@H](COCc2ccccc2)[C@@H](OCc2ccccc2)[C@@H]1OCc1ccccc1)c1ccccc1. The van der Waals surface area contributed by atoms with Crippen molar-refractivity contribution < 1.29 is 57.6 Å². The minimum atomic E-state index is -1.55. The summed E-state index contributed by atoms with van der Waals surface area (Å²) in [5.41, 5.74) is 4.79. The fraction of sp³-hybridized carbons (Fsp3) is 0.315. The third-order valence-corrected chi connectivity index (χ3v) is 11.4. The lowest BCUT2D eigenvalue weighted by atomic mass is 9.97. The van der Waals surface area contributed by atoms with Gasteiger partial charge in [-0.05, 0) is 39.9 Å². The van der Waals surface area contributed by atoms with E-state index in [1.807, 2.05) is 158 Å². The molecular weight excluding hydrogens is 841 g/mol. The van der Waals surface area contributed by atoms with Gasteiger partial charge in [-0.1, -0.05) is 170 Å². The highest BCUT2D eigenvalue weighted by Gasteiger charge is 2.52. The van der Waals surface area contributed by atoms with E-state index in [1.165, 1.54) is 0 Å². The van der Waals surface area contributed by atoms with Crippen LogP contribution in [0.25, 0.3) is 0 Å². The minimum absolute atomic E-state index is 0.0549. The van der Waals surface area contributed by atoms with Gasteiger partial charge in [-0.25, -0.2) is 4.79 Å². The van der Waals surface area contributed by atoms with Crippen LogP contribution in [0.3, 0.4) is 0 Å². The summed E-state index contributed by atoms with van der Waals surface area (Å²) in [6, 6.07) is 56.8. The smallest absolute Gasteiger partial charge is 0.338 e. The number of ether oxygens (including phenoxy) is 9. The Morgan fingerprint density at radius 3 is 1.29 bits per heavy atom. The summed E-state index contributed by atoms with van der Waals surface area (Å²) >= 11 is 0. The van der Waals surface area contributed by atoms with Crippen molar-refractivity contribution in [2.24, 2.45) is 0 Å². The van der Waals surface area contributed by atoms with Crippen molar-refractivity contribution in [1.29, 1.82) is 0 Å². The molecule has 0 unspecified atom stereocenters. The second kappa shape index (κ2) is 24.2. The van der Waals surface area contributed by atoms with Crippen LogP contribution in [-0.4, -0.2) is 90.8 Å². The molecule has 12 nitrogen and oxygen atoms in total. The Kier molecular flexibility index (Phi) is 17.2. The van der Waals surface area contributed by atoms with Gasteiger partial charge in [0.2, 0.25) is 0 Å². The topological polar surface area (TPSA) is 141 Å². The number of rotatable bonds is 21. The number of aliphatic hydroxyl groups excluding tert-OH is 2. The molecule has 66 heavy (non-hydrogen) atoms. The van der Waals surface area contributed by atoms with Gasteiger partial charge in [0.05, 0.1) is 51.8 Å². The van der Waals surface area contributed by atoms with Crippen LogP contribution in [0.2, 0.25) is 0 Å². The van der Waals surface area contributed by atoms with Crippen molar-refractivity contribution in [2.45, 2.75) is 94.4 Å². The number of hydrogen-bond acceptors (Lipinski definition) is 12. The number of benzene rings is 6. The van der Waals surface area contributed by atoms with Gasteiger partial charge in [-0.3, -0.25) is 0 Å². The molecule has 2 heterocycles. The quantitative estimate of drug-likeness (QED) is 0.0689. The lowest BCUT2D eigenvalue weighted by Gasteiger charge is -2.46. The third-order valence-electron chi connectivity index (χ3n) is 11.4. The Morgan fingerprint density at radius 2 is 0.803 bits per heavy atom. The second-order valence-corrected chi connectivity index (χ2v) is 16.2. The molecule has 10 atom stereocenters. The van der Waals surface area contributed by atoms with E-state index in [4.69, 9.17) is 42.6 Å². The van der Waals surface area contributed by atoms with Crippen LogP contribution in [-0.2, 0) is 75.7 Å². The molecule has 2 aliphatic rings. The van der Waals surface area contributed by atoms with Gasteiger partial charge in [0, 0.05) is 0 Å². The molecule has 12 heteroatoms. The van der Waals surface area contributed by atoms with Crippen LogP contribution in [0.1, 0.15) is 38.2 Å². The van der Waals surface area contributed by atoms with E-state index >= 15 is 0 Å². The van der Waals surface area contributed by atoms with Gasteiger partial charge < -0.3 is 52.8 Å². The molecule has 0 amide bonds. The van der Waals surface area contributed by atoms with Crippen molar-refractivity contribution in [1.82, 2.24) is 0 Å². The van der Waals surface area contributed by atoms with Crippen LogP contribution in [0, 0.1) is 0 Å². The molecule has 2 N–H and O–H groups in total. The van der Waals surface area contributed by atoms with Gasteiger partial charge in [0.15, 0.2) is 18.7 Å². The number of carbonyl (C=O) groups excluding carboxylic acids is 1. The van der Waals surface area contributed by atoms with E-state index in [2.05, 4.69) is 0 Å². The number of hydrogen-bond donors (Lipinski definition) is 2. The largest absolute Gasteiger partial charge is 0.450 e. The maximum Gasteiger partial charge on any atom is 0.338 e. The molecule has 2 saturated heterocycles. The van der Waals surface area contributed by atoms with E-state index < -0.39 is 67.4 Å². The lowest BCUT2D eigenvalue weighted by molar-refractivity contribution is -0.340. The van der Waals surface area contributed by atoms with Crippen molar-refractivity contribution >= 4 is 5.97 Å². The first-order valence-electron chi connectivity index (χ1n) is 22.3. The normalized spacial score (nSPS) is 25.2. The summed E-state index contributed by atoms with van der Waals surface area (Å²) in [6.07, 6.45) is -11.2. The van der Waals surface area contributed by atoms with Crippen LogP contribution >= 0.6 is 0 Å². The molecule has 0 radical (unpaired) electrons. The van der Waals surface area contributed by atoms with Gasteiger partial charge in [-0.2, -0.15) is 0 Å². The monoisotopic (exact) mass is 896 g/mol. The van der Waals surface area contributed by atoms with Gasteiger partial charge in [0.1, 0.15) is 42.7 Å². The zero-order valence-electron chi connectivity index (χ0n) is 36.5. The summed E-state index contributed by atoms with van der Waals surface area (Å²) in [5.74, 6) is -0.631. The Morgan fingerprint density at radius 1 is 0.409 bits per heavy atom. The molecule has 6 aromatic rings. The highest BCUT2D eigenvalue weighted by atomic mass is 16.7. The number of aliphatic hydroxyl groups is 2. The predicted octanol–water partition coefficient (Wildman–Crippen LogP) is 7.59. The number of carbonyl (C=O) groups is 1. The Labute approximate surface area is 385 Å². The van der Waals surface area contributed by atoms with Crippen molar-refractivity contribution in [3.05, 3.63) is 215 Å². The first kappa shape index (κ1) is 46.9. The highest BCUT2D eigenvalue weighted by molar-refractivity contribution is 5.89. The zero-order valence-corrected chi connectivity index (χ0v) is 36.5. The molecular formula is C54H56O12. The number of esters is 1. The Hall–Kier alpha value is -5.61. The molecule has 2 aliphatic heterocycles. The summed E-state index contributed by atoms with van der Waals surface area (Å²) in [5, 5.41) is 23.3. The maximum absolute atomic E-state index is 14.1. The van der Waals surface area contributed by atoms with Crippen LogP contribution in [0.4, 0.5) is 0 Å². The van der Waals surface area contributed by atoms with E-state index in [0.717, 1.165) is 27.8 Å². The minimum Gasteiger partial charge on any atom is -0.450 e. The Bertz CT molecular complexity index is 2290. The molecule has 0 spiro atoms. The van der Waals surface area contributed by atoms with E-state index in [0.29, 0.717) is 12.2 Å². The van der Waals surface area contributed by atoms with Crippen molar-refractivity contribution in [2.75, 3.05) is 13.2 Å². The van der Waals surface area contributed by atoms with Crippen molar-refractivity contribution in [3.8, 4) is 0 Å². The molecule has 0 aromatic heterocycles. The molecule has 6 aromatic carbocycles. The van der Waals surface area contributed by atoms with Gasteiger partial charge in [0.25, 0.3) is 0 Å². The van der Waals surface area contributed by atoms with Gasteiger partial charge in [-0.15, -0.1) is 0 Å². The van der Waals surface area contributed by atoms with Crippen LogP contribution < -0.4 is 0 Å². The summed E-state index contributed by atoms with van der Waals surface area (Å²) in [7, 11) is 0. The summed E-state index contributed by atoms with van der Waals surface area (Å²) in [6.45, 7) is 0.646. The Balaban J connectivity index is 1.10. The first-order chi connectivity index (χ1) is 32.5. The zero-order chi connectivity index (χ0) is 45.3. The average Bonchev–Trinajstić information content (AvgIpc) is 3.36. The third kappa shape index (κ3) is 13.1. The average molecular weight is 897 g/mol. The predicted molar refractivity (Wildman–Crippen MR) is 243 cm³/mol. The molecule has 0 bridgehead atoms. The molecule has 0 saturated carbocycles. The molecule has 344 valence electrons. The molecule has 2 fully saturated rings. The second-order valence-electron chi connectivity index (χ2n) is 16.2. The lowest BCUT2D eigenvalue weighted by Crippen LogP contribution is -2.63. The summed E-state index contributed by atoms with van der Waals surface area (Å²) < 4.78 is 58.3. The fourth-order valence-corrected chi connectivity index (χ4v) is 7.98. The van der Waals surface area contributed by atoms with E-state index in [-0.39, 0.29) is 39.6 Å². The molecule has 0 aliphatic carbocycles. The standard InChI is InChI=1S/C54H56O12/c55-46-47(59-32-39-21-9-2-10-22-39)45(64-53(57)49(46)61-34-41-25-13-4-14-26-41)37-63-54-51(66-52(56)43-29-17-6-18-30-43)50(62-35-42-27-15-5-16-28-42)48(60-33-40-23-11-3-12-24-40)44(65-54)36-58-31-38-19-7-1-8-20-38/h1-30,44-51,53-55,57H,31-37H2/t44-,45-,46+,47-,48-,49+,50+,51+,53+,54+/m1/s1. The fourth-order valence-electron chi connectivity index (χ4n) is 7.98. The highest BCUT2D eigenvalue weighted by Crippen LogP contribution is 2.33. The van der Waals surface area contributed by atoms with E-state index in [1.54, 1.807) is 24.3 Å². The van der Waals surface area contributed by atoms with Crippen LogP contribution in [0.15, 0.2) is 182 Å². The van der Waals surface area contributed by atoms with Crippen molar-refractivity contribution in [3.63, 3.8) is 0 Å².